The van der Waals surface area contributed by atoms with Crippen LogP contribution in [0.1, 0.15) is 28.0 Å². The Hall–Kier alpha value is -3.24. The lowest BCUT2D eigenvalue weighted by atomic mass is 10.0. The first-order valence-electron chi connectivity index (χ1n) is 10.5. The highest BCUT2D eigenvalue weighted by molar-refractivity contribution is 8.03. The standard InChI is InChI=1S/C27H24N2OS/c1-17-9-11-20(12-10-17)13-14-26(30)29-18(2)27(21-7-5-4-6-8-21)22-15-23-25(16-24(22)29)31-19(3)28-23/h4-12,15-16,28H,3,13-14H2,1-2H3. The van der Waals surface area contributed by atoms with Crippen molar-refractivity contribution in [3.05, 3.63) is 95.2 Å². The molecule has 1 N–H and O–H groups in total. The Bertz CT molecular complexity index is 1320. The number of aryl methyl sites for hydroxylation is 2. The SMILES string of the molecule is C=C1Nc2cc3c(-c4ccccc4)c(C)n(C(=O)CCc4ccc(C)cc4)c3cc2S1. The van der Waals surface area contributed by atoms with Gasteiger partial charge in [0.25, 0.3) is 0 Å². The molecule has 3 nitrogen and oxygen atoms in total. The van der Waals surface area contributed by atoms with E-state index in [1.54, 1.807) is 11.8 Å². The number of hydrogen-bond acceptors (Lipinski definition) is 3. The molecule has 2 heterocycles. The van der Waals surface area contributed by atoms with Crippen LogP contribution in [0.25, 0.3) is 22.0 Å². The van der Waals surface area contributed by atoms with E-state index < -0.39 is 0 Å². The van der Waals surface area contributed by atoms with Gasteiger partial charge in [-0.15, -0.1) is 0 Å². The van der Waals surface area contributed by atoms with Crippen molar-refractivity contribution in [2.24, 2.45) is 0 Å². The number of nitrogens with zero attached hydrogens (tertiary/aromatic N) is 1. The minimum absolute atomic E-state index is 0.125. The number of benzene rings is 3. The third-order valence-corrected chi connectivity index (χ3v) is 6.78. The summed E-state index contributed by atoms with van der Waals surface area (Å²) in [5.41, 5.74) is 7.68. The Kier molecular flexibility index (Phi) is 4.95. The van der Waals surface area contributed by atoms with Crippen LogP contribution in [-0.4, -0.2) is 10.5 Å². The summed E-state index contributed by atoms with van der Waals surface area (Å²) in [7, 11) is 0. The maximum absolute atomic E-state index is 13.5. The van der Waals surface area contributed by atoms with E-state index in [1.807, 2.05) is 22.8 Å². The lowest BCUT2D eigenvalue weighted by Crippen LogP contribution is -2.13. The van der Waals surface area contributed by atoms with E-state index in [2.05, 4.69) is 74.3 Å². The van der Waals surface area contributed by atoms with Crippen LogP contribution in [0.5, 0.6) is 0 Å². The third-order valence-electron chi connectivity index (χ3n) is 5.87. The van der Waals surface area contributed by atoms with Crippen molar-refractivity contribution >= 4 is 34.3 Å². The summed E-state index contributed by atoms with van der Waals surface area (Å²) in [6.07, 6.45) is 1.20. The largest absolute Gasteiger partial charge is 0.350 e. The summed E-state index contributed by atoms with van der Waals surface area (Å²) in [4.78, 5) is 14.6. The molecule has 4 aromatic rings. The summed E-state index contributed by atoms with van der Waals surface area (Å²) in [5.74, 6) is 0.125. The number of carbonyl (C=O) groups is 1. The van der Waals surface area contributed by atoms with Gasteiger partial charge in [0.2, 0.25) is 5.91 Å². The zero-order valence-electron chi connectivity index (χ0n) is 17.7. The van der Waals surface area contributed by atoms with Crippen LogP contribution in [0.4, 0.5) is 5.69 Å². The zero-order chi connectivity index (χ0) is 21.5. The van der Waals surface area contributed by atoms with Crippen LogP contribution in [0.2, 0.25) is 0 Å². The molecular formula is C27H24N2OS. The summed E-state index contributed by atoms with van der Waals surface area (Å²) in [6, 6.07) is 23.0. The summed E-state index contributed by atoms with van der Waals surface area (Å²) in [5, 5.41) is 5.36. The monoisotopic (exact) mass is 424 g/mol. The average molecular weight is 425 g/mol. The minimum atomic E-state index is 0.125. The van der Waals surface area contributed by atoms with Crippen molar-refractivity contribution in [1.82, 2.24) is 4.57 Å². The molecule has 4 heteroatoms. The van der Waals surface area contributed by atoms with E-state index in [9.17, 15) is 4.79 Å². The van der Waals surface area contributed by atoms with Gasteiger partial charge in [-0.3, -0.25) is 9.36 Å². The molecule has 1 aliphatic heterocycles. The average Bonchev–Trinajstić information content (AvgIpc) is 3.26. The van der Waals surface area contributed by atoms with Gasteiger partial charge in [-0.25, -0.2) is 0 Å². The first-order valence-corrected chi connectivity index (χ1v) is 11.3. The van der Waals surface area contributed by atoms with Gasteiger partial charge in [-0.1, -0.05) is 78.5 Å². The topological polar surface area (TPSA) is 34.0 Å². The second-order valence-electron chi connectivity index (χ2n) is 8.06. The van der Waals surface area contributed by atoms with Crippen molar-refractivity contribution in [2.75, 3.05) is 5.32 Å². The van der Waals surface area contributed by atoms with Crippen LogP contribution in [-0.2, 0) is 6.42 Å². The molecule has 0 spiro atoms. The van der Waals surface area contributed by atoms with Gasteiger partial charge in [-0.05, 0) is 43.5 Å². The Morgan fingerprint density at radius 3 is 2.52 bits per heavy atom. The van der Waals surface area contributed by atoms with Crippen molar-refractivity contribution < 1.29 is 4.79 Å². The Balaban J connectivity index is 1.60. The second-order valence-corrected chi connectivity index (χ2v) is 9.19. The van der Waals surface area contributed by atoms with Crippen LogP contribution in [0, 0.1) is 13.8 Å². The second kappa shape index (κ2) is 7.78. The molecule has 3 aromatic carbocycles. The number of aromatic nitrogens is 1. The van der Waals surface area contributed by atoms with E-state index >= 15 is 0 Å². The van der Waals surface area contributed by atoms with Gasteiger partial charge in [0.15, 0.2) is 0 Å². The van der Waals surface area contributed by atoms with Crippen molar-refractivity contribution in [1.29, 1.82) is 0 Å². The number of carbonyl (C=O) groups excluding carboxylic acids is 1. The number of anilines is 1. The highest BCUT2D eigenvalue weighted by Crippen LogP contribution is 2.45. The quantitative estimate of drug-likeness (QED) is 0.376. The predicted molar refractivity (Wildman–Crippen MR) is 131 cm³/mol. The molecule has 0 aliphatic carbocycles. The van der Waals surface area contributed by atoms with Gasteiger partial charge < -0.3 is 5.32 Å². The van der Waals surface area contributed by atoms with Crippen LogP contribution in [0.3, 0.4) is 0 Å². The summed E-state index contributed by atoms with van der Waals surface area (Å²) >= 11 is 1.62. The molecule has 0 fully saturated rings. The van der Waals surface area contributed by atoms with Gasteiger partial charge in [0, 0.05) is 28.0 Å². The van der Waals surface area contributed by atoms with Gasteiger partial charge >= 0.3 is 0 Å². The number of nitrogens with one attached hydrogen (secondary N) is 1. The van der Waals surface area contributed by atoms with Gasteiger partial charge in [-0.2, -0.15) is 0 Å². The van der Waals surface area contributed by atoms with E-state index in [-0.39, 0.29) is 5.91 Å². The fraction of sp³-hybridized carbons (Fsp3) is 0.148. The van der Waals surface area contributed by atoms with Gasteiger partial charge in [0.05, 0.1) is 16.2 Å². The molecule has 0 atom stereocenters. The maximum Gasteiger partial charge on any atom is 0.231 e. The van der Waals surface area contributed by atoms with E-state index in [4.69, 9.17) is 0 Å². The lowest BCUT2D eigenvalue weighted by molar-refractivity contribution is 0.0906. The molecule has 31 heavy (non-hydrogen) atoms. The predicted octanol–water partition coefficient (Wildman–Crippen LogP) is 7.19. The first-order chi connectivity index (χ1) is 15.0. The maximum atomic E-state index is 13.5. The van der Waals surface area contributed by atoms with Crippen molar-refractivity contribution in [3.8, 4) is 11.1 Å². The molecule has 154 valence electrons. The van der Waals surface area contributed by atoms with Crippen molar-refractivity contribution in [3.63, 3.8) is 0 Å². The molecule has 0 unspecified atom stereocenters. The highest BCUT2D eigenvalue weighted by Gasteiger charge is 2.24. The van der Waals surface area contributed by atoms with Crippen LogP contribution < -0.4 is 5.32 Å². The van der Waals surface area contributed by atoms with Crippen molar-refractivity contribution in [2.45, 2.75) is 31.6 Å². The molecule has 1 aliphatic rings. The first kappa shape index (κ1) is 19.7. The number of thioether (sulfide) groups is 1. The molecule has 0 bridgehead atoms. The number of rotatable bonds is 4. The highest BCUT2D eigenvalue weighted by atomic mass is 32.2. The summed E-state index contributed by atoms with van der Waals surface area (Å²) < 4.78 is 1.91. The molecular weight excluding hydrogens is 400 g/mol. The van der Waals surface area contributed by atoms with E-state index in [1.165, 1.54) is 11.1 Å². The fourth-order valence-electron chi connectivity index (χ4n) is 4.34. The Morgan fingerprint density at radius 2 is 1.77 bits per heavy atom. The van der Waals surface area contributed by atoms with E-state index in [0.717, 1.165) is 49.8 Å². The van der Waals surface area contributed by atoms with E-state index in [0.29, 0.717) is 6.42 Å². The Labute approximate surface area is 186 Å². The molecule has 0 saturated heterocycles. The number of fused-ring (bicyclic) bond motifs is 2. The smallest absolute Gasteiger partial charge is 0.231 e. The molecule has 1 aromatic heterocycles. The zero-order valence-corrected chi connectivity index (χ0v) is 18.6. The van der Waals surface area contributed by atoms with Gasteiger partial charge in [0.1, 0.15) is 0 Å². The number of hydrogen-bond donors (Lipinski definition) is 1. The normalized spacial score (nSPS) is 12.8. The molecule has 0 amide bonds. The van der Waals surface area contributed by atoms with Crippen LogP contribution >= 0.6 is 11.8 Å². The molecule has 0 radical (unpaired) electrons. The fourth-order valence-corrected chi connectivity index (χ4v) is 5.16. The third kappa shape index (κ3) is 3.57. The molecule has 0 saturated carbocycles. The Morgan fingerprint density at radius 1 is 1.03 bits per heavy atom. The lowest BCUT2D eigenvalue weighted by Gasteiger charge is -2.09. The van der Waals surface area contributed by atoms with Crippen LogP contribution in [0.15, 0.2) is 83.2 Å². The molecule has 5 rings (SSSR count). The minimum Gasteiger partial charge on any atom is -0.350 e. The summed E-state index contributed by atoms with van der Waals surface area (Å²) in [6.45, 7) is 8.18.